The highest BCUT2D eigenvalue weighted by molar-refractivity contribution is 6.28. The van der Waals surface area contributed by atoms with Crippen molar-refractivity contribution in [3.63, 3.8) is 0 Å². The van der Waals surface area contributed by atoms with Crippen LogP contribution in [0.25, 0.3) is 0 Å². The van der Waals surface area contributed by atoms with E-state index < -0.39 is 11.7 Å². The molecule has 2 aromatic rings. The highest BCUT2D eigenvalue weighted by Gasteiger charge is 2.16. The Morgan fingerprint density at radius 2 is 1.86 bits per heavy atom. The topological polar surface area (TPSA) is 73.3 Å². The Balaban J connectivity index is 1.97. The molecule has 0 aliphatic carbocycles. The maximum Gasteiger partial charge on any atom is 0.412 e. The van der Waals surface area contributed by atoms with Gasteiger partial charge in [-0.3, -0.25) is 5.32 Å². The fourth-order valence-corrected chi connectivity index (χ4v) is 1.66. The standard InChI is InChI=1S/C15H16ClN3O3/c1-15(2,3)22-14(20)18-10-4-6-11(7-5-10)21-12-8-9-17-13(16)19-12/h4-9H,1-3H3,(H,18,20). The first-order valence-electron chi connectivity index (χ1n) is 6.58. The Hall–Kier alpha value is -2.34. The van der Waals surface area contributed by atoms with Gasteiger partial charge in [-0.1, -0.05) is 0 Å². The number of amides is 1. The molecule has 0 unspecified atom stereocenters. The van der Waals surface area contributed by atoms with Crippen molar-refractivity contribution >= 4 is 23.4 Å². The summed E-state index contributed by atoms with van der Waals surface area (Å²) in [5, 5.41) is 2.75. The van der Waals surface area contributed by atoms with E-state index in [1.54, 1.807) is 51.1 Å². The third-order valence-corrected chi connectivity index (χ3v) is 2.50. The smallest absolute Gasteiger partial charge is 0.412 e. The van der Waals surface area contributed by atoms with E-state index in [1.807, 2.05) is 0 Å². The van der Waals surface area contributed by atoms with Gasteiger partial charge in [0.2, 0.25) is 11.2 Å². The first-order chi connectivity index (χ1) is 10.3. The maximum atomic E-state index is 11.6. The lowest BCUT2D eigenvalue weighted by Crippen LogP contribution is -2.27. The predicted molar refractivity (Wildman–Crippen MR) is 83.4 cm³/mol. The molecule has 0 radical (unpaired) electrons. The van der Waals surface area contributed by atoms with Crippen LogP contribution in [0, 0.1) is 0 Å². The van der Waals surface area contributed by atoms with E-state index in [1.165, 1.54) is 6.20 Å². The van der Waals surface area contributed by atoms with Gasteiger partial charge in [0.25, 0.3) is 0 Å². The van der Waals surface area contributed by atoms with Crippen molar-refractivity contribution in [2.45, 2.75) is 26.4 Å². The summed E-state index contributed by atoms with van der Waals surface area (Å²) in [7, 11) is 0. The monoisotopic (exact) mass is 321 g/mol. The summed E-state index contributed by atoms with van der Waals surface area (Å²) in [6.07, 6.45) is 0.993. The van der Waals surface area contributed by atoms with Crippen molar-refractivity contribution in [2.24, 2.45) is 0 Å². The van der Waals surface area contributed by atoms with Gasteiger partial charge < -0.3 is 9.47 Å². The number of halogens is 1. The summed E-state index contributed by atoms with van der Waals surface area (Å²) in [6, 6.07) is 8.38. The van der Waals surface area contributed by atoms with Crippen LogP contribution in [0.5, 0.6) is 11.6 Å². The highest BCUT2D eigenvalue weighted by Crippen LogP contribution is 2.22. The summed E-state index contributed by atoms with van der Waals surface area (Å²) in [6.45, 7) is 5.41. The van der Waals surface area contributed by atoms with E-state index in [2.05, 4.69) is 15.3 Å². The van der Waals surface area contributed by atoms with Crippen LogP contribution in [0.1, 0.15) is 20.8 Å². The molecule has 1 amide bonds. The molecule has 116 valence electrons. The lowest BCUT2D eigenvalue weighted by atomic mass is 10.2. The molecular formula is C15H16ClN3O3. The molecule has 0 aliphatic rings. The fraction of sp³-hybridized carbons (Fsp3) is 0.267. The molecule has 7 heteroatoms. The Morgan fingerprint density at radius 1 is 1.18 bits per heavy atom. The van der Waals surface area contributed by atoms with Crippen molar-refractivity contribution in [2.75, 3.05) is 5.32 Å². The summed E-state index contributed by atoms with van der Waals surface area (Å²) in [5.74, 6) is 0.900. The van der Waals surface area contributed by atoms with E-state index >= 15 is 0 Å². The minimum Gasteiger partial charge on any atom is -0.444 e. The van der Waals surface area contributed by atoms with Crippen molar-refractivity contribution in [3.8, 4) is 11.6 Å². The van der Waals surface area contributed by atoms with E-state index in [4.69, 9.17) is 21.1 Å². The minimum atomic E-state index is -0.542. The largest absolute Gasteiger partial charge is 0.444 e. The minimum absolute atomic E-state index is 0.112. The molecule has 0 bridgehead atoms. The molecule has 22 heavy (non-hydrogen) atoms. The van der Waals surface area contributed by atoms with Gasteiger partial charge in [-0.05, 0) is 56.6 Å². The Labute approximate surface area is 133 Å². The van der Waals surface area contributed by atoms with Gasteiger partial charge in [-0.15, -0.1) is 0 Å². The number of nitrogens with one attached hydrogen (secondary N) is 1. The van der Waals surface area contributed by atoms with Crippen molar-refractivity contribution in [1.82, 2.24) is 9.97 Å². The molecular weight excluding hydrogens is 306 g/mol. The summed E-state index contributed by atoms with van der Waals surface area (Å²) in [4.78, 5) is 19.3. The Morgan fingerprint density at radius 3 is 2.45 bits per heavy atom. The SMILES string of the molecule is CC(C)(C)OC(=O)Nc1ccc(Oc2ccnc(Cl)n2)cc1. The van der Waals surface area contributed by atoms with Gasteiger partial charge in [-0.25, -0.2) is 9.78 Å². The van der Waals surface area contributed by atoms with Gasteiger partial charge in [-0.2, -0.15) is 4.98 Å². The van der Waals surface area contributed by atoms with Gasteiger partial charge in [0.05, 0.1) is 0 Å². The number of hydrogen-bond donors (Lipinski definition) is 1. The molecule has 0 spiro atoms. The molecule has 1 aromatic heterocycles. The lowest BCUT2D eigenvalue weighted by Gasteiger charge is -2.19. The highest BCUT2D eigenvalue weighted by atomic mass is 35.5. The molecule has 6 nitrogen and oxygen atoms in total. The Bertz CT molecular complexity index is 654. The van der Waals surface area contributed by atoms with E-state index in [0.29, 0.717) is 17.3 Å². The quantitative estimate of drug-likeness (QED) is 0.855. The van der Waals surface area contributed by atoms with E-state index in [0.717, 1.165) is 0 Å². The number of hydrogen-bond acceptors (Lipinski definition) is 5. The number of aromatic nitrogens is 2. The molecule has 0 saturated heterocycles. The van der Waals surface area contributed by atoms with Crippen LogP contribution in [0.3, 0.4) is 0 Å². The summed E-state index contributed by atoms with van der Waals surface area (Å²) < 4.78 is 10.7. The van der Waals surface area contributed by atoms with Crippen LogP contribution in [0.15, 0.2) is 36.5 Å². The normalized spacial score (nSPS) is 10.9. The average Bonchev–Trinajstić information content (AvgIpc) is 2.39. The molecule has 1 heterocycles. The molecule has 1 N–H and O–H groups in total. The molecule has 0 saturated carbocycles. The van der Waals surface area contributed by atoms with Crippen LogP contribution in [0.4, 0.5) is 10.5 Å². The van der Waals surface area contributed by atoms with Gasteiger partial charge in [0.15, 0.2) is 0 Å². The zero-order valence-corrected chi connectivity index (χ0v) is 13.2. The summed E-state index contributed by atoms with van der Waals surface area (Å²) >= 11 is 5.68. The first-order valence-corrected chi connectivity index (χ1v) is 6.96. The van der Waals surface area contributed by atoms with Crippen LogP contribution >= 0.6 is 11.6 Å². The van der Waals surface area contributed by atoms with E-state index in [-0.39, 0.29) is 5.28 Å². The maximum absolute atomic E-state index is 11.6. The number of ether oxygens (including phenoxy) is 2. The van der Waals surface area contributed by atoms with E-state index in [9.17, 15) is 4.79 Å². The third-order valence-electron chi connectivity index (χ3n) is 2.32. The second-order valence-corrected chi connectivity index (χ2v) is 5.76. The number of anilines is 1. The van der Waals surface area contributed by atoms with Crippen LogP contribution in [-0.2, 0) is 4.74 Å². The van der Waals surface area contributed by atoms with Crippen molar-refractivity contribution in [3.05, 3.63) is 41.8 Å². The molecule has 0 aliphatic heterocycles. The predicted octanol–water partition coefficient (Wildman–Crippen LogP) is 4.27. The third kappa shape index (κ3) is 5.21. The fourth-order valence-electron chi connectivity index (χ4n) is 1.52. The van der Waals surface area contributed by atoms with Crippen LogP contribution in [0.2, 0.25) is 5.28 Å². The Kier molecular flexibility index (Phi) is 4.82. The number of carbonyl (C=O) groups is 1. The zero-order valence-electron chi connectivity index (χ0n) is 12.5. The van der Waals surface area contributed by atoms with Crippen molar-refractivity contribution < 1.29 is 14.3 Å². The van der Waals surface area contributed by atoms with Gasteiger partial charge in [0.1, 0.15) is 11.4 Å². The zero-order chi connectivity index (χ0) is 16.2. The van der Waals surface area contributed by atoms with Gasteiger partial charge >= 0.3 is 6.09 Å². The molecule has 2 rings (SSSR count). The number of rotatable bonds is 3. The van der Waals surface area contributed by atoms with Crippen molar-refractivity contribution in [1.29, 1.82) is 0 Å². The van der Waals surface area contributed by atoms with Crippen LogP contribution in [-0.4, -0.2) is 21.7 Å². The second kappa shape index (κ2) is 6.62. The second-order valence-electron chi connectivity index (χ2n) is 5.42. The molecule has 1 aromatic carbocycles. The first kappa shape index (κ1) is 16.0. The number of carbonyl (C=O) groups excluding carboxylic acids is 1. The van der Waals surface area contributed by atoms with Crippen LogP contribution < -0.4 is 10.1 Å². The lowest BCUT2D eigenvalue weighted by molar-refractivity contribution is 0.0636. The molecule has 0 atom stereocenters. The number of nitrogens with zero attached hydrogens (tertiary/aromatic N) is 2. The van der Waals surface area contributed by atoms with Gasteiger partial charge in [0, 0.05) is 18.0 Å². The summed E-state index contributed by atoms with van der Waals surface area (Å²) in [5.41, 5.74) is 0.0571. The number of benzene rings is 1. The average molecular weight is 322 g/mol. The molecule has 0 fully saturated rings.